The second-order valence-electron chi connectivity index (χ2n) is 5.03. The summed E-state index contributed by atoms with van der Waals surface area (Å²) < 4.78 is 2.05. The highest BCUT2D eigenvalue weighted by Gasteiger charge is 2.38. The molecule has 1 N–H and O–H groups in total. The molecule has 0 saturated carbocycles. The Bertz CT molecular complexity index is 409. The third-order valence-corrected chi connectivity index (χ3v) is 4.07. The summed E-state index contributed by atoms with van der Waals surface area (Å²) in [6.07, 6.45) is 2.31. The number of anilines is 2. The molecule has 16 heavy (non-hydrogen) atoms. The Hall–Kier alpha value is -1.19. The van der Waals surface area contributed by atoms with Gasteiger partial charge in [0.2, 0.25) is 0 Å². The van der Waals surface area contributed by atoms with Crippen LogP contribution in [0.25, 0.3) is 0 Å². The number of hydrogen-bond acceptors (Lipinski definition) is 3. The lowest BCUT2D eigenvalue weighted by atomic mass is 10.0. The first kappa shape index (κ1) is 10.00. The van der Waals surface area contributed by atoms with Crippen LogP contribution in [0.3, 0.4) is 0 Å². The number of nitrogens with zero attached hydrogens (tertiary/aromatic N) is 3. The number of hydrogen-bond donors (Lipinski definition) is 1. The molecule has 2 atom stereocenters. The maximum absolute atomic E-state index is 4.61. The van der Waals surface area contributed by atoms with Crippen molar-refractivity contribution in [1.82, 2.24) is 9.78 Å². The topological polar surface area (TPSA) is 33.1 Å². The van der Waals surface area contributed by atoms with Crippen molar-refractivity contribution in [2.45, 2.75) is 32.7 Å². The van der Waals surface area contributed by atoms with Crippen molar-refractivity contribution in [3.05, 3.63) is 5.69 Å². The van der Waals surface area contributed by atoms with Gasteiger partial charge in [0, 0.05) is 20.1 Å². The van der Waals surface area contributed by atoms with E-state index in [9.17, 15) is 0 Å². The van der Waals surface area contributed by atoms with Crippen molar-refractivity contribution in [2.75, 3.05) is 23.3 Å². The molecular formula is C12H20N4. The second-order valence-corrected chi connectivity index (χ2v) is 5.03. The summed E-state index contributed by atoms with van der Waals surface area (Å²) in [7, 11) is 2.06. The van der Waals surface area contributed by atoms with Crippen LogP contribution in [0.15, 0.2) is 0 Å². The third kappa shape index (κ3) is 1.19. The lowest BCUT2D eigenvalue weighted by Gasteiger charge is -2.34. The summed E-state index contributed by atoms with van der Waals surface area (Å²) in [6, 6.07) is 0.660. The van der Waals surface area contributed by atoms with Crippen LogP contribution in [0.4, 0.5) is 11.5 Å². The highest BCUT2D eigenvalue weighted by atomic mass is 15.4. The van der Waals surface area contributed by atoms with Gasteiger partial charge in [-0.25, -0.2) is 0 Å². The zero-order valence-electron chi connectivity index (χ0n) is 10.3. The molecule has 1 aromatic heterocycles. The molecular weight excluding hydrogens is 200 g/mol. The summed E-state index contributed by atoms with van der Waals surface area (Å²) in [4.78, 5) is 2.54. The largest absolute Gasteiger partial charge is 0.378 e. The average molecular weight is 220 g/mol. The van der Waals surface area contributed by atoms with E-state index >= 15 is 0 Å². The molecule has 2 aliphatic rings. The number of fused-ring (bicyclic) bond motifs is 3. The predicted octanol–water partition coefficient (Wildman–Crippen LogP) is 1.62. The molecule has 88 valence electrons. The molecule has 0 amide bonds. The normalized spacial score (nSPS) is 27.6. The van der Waals surface area contributed by atoms with Crippen LogP contribution in [0.1, 0.15) is 26.0 Å². The summed E-state index contributed by atoms with van der Waals surface area (Å²) >= 11 is 0. The predicted molar refractivity (Wildman–Crippen MR) is 66.0 cm³/mol. The summed E-state index contributed by atoms with van der Waals surface area (Å²) in [5, 5.41) is 8.19. The molecule has 2 aliphatic heterocycles. The quantitative estimate of drug-likeness (QED) is 0.780. The highest BCUT2D eigenvalue weighted by Crippen LogP contribution is 2.39. The van der Waals surface area contributed by atoms with Crippen LogP contribution in [0.2, 0.25) is 0 Å². The van der Waals surface area contributed by atoms with Crippen molar-refractivity contribution in [3.8, 4) is 0 Å². The maximum atomic E-state index is 4.61. The van der Waals surface area contributed by atoms with Gasteiger partial charge in [0.25, 0.3) is 0 Å². The SMILES string of the molecule is CCc1nn(C)c2c1NCC1C(C)CCN21. The second kappa shape index (κ2) is 3.40. The van der Waals surface area contributed by atoms with E-state index in [0.717, 1.165) is 18.9 Å². The van der Waals surface area contributed by atoms with Crippen LogP contribution in [-0.4, -0.2) is 28.9 Å². The fourth-order valence-electron chi connectivity index (χ4n) is 3.12. The first-order chi connectivity index (χ1) is 7.72. The van der Waals surface area contributed by atoms with Gasteiger partial charge in [0.15, 0.2) is 5.82 Å². The molecule has 0 aromatic carbocycles. The van der Waals surface area contributed by atoms with E-state index in [1.807, 2.05) is 4.68 Å². The van der Waals surface area contributed by atoms with E-state index in [4.69, 9.17) is 0 Å². The number of rotatable bonds is 1. The van der Waals surface area contributed by atoms with E-state index in [0.29, 0.717) is 6.04 Å². The molecule has 3 rings (SSSR count). The van der Waals surface area contributed by atoms with Gasteiger partial charge >= 0.3 is 0 Å². The third-order valence-electron chi connectivity index (χ3n) is 4.07. The minimum atomic E-state index is 0.660. The fraction of sp³-hybridized carbons (Fsp3) is 0.750. The van der Waals surface area contributed by atoms with E-state index in [1.54, 1.807) is 0 Å². The van der Waals surface area contributed by atoms with Crippen molar-refractivity contribution in [1.29, 1.82) is 0 Å². The Morgan fingerprint density at radius 3 is 3.06 bits per heavy atom. The van der Waals surface area contributed by atoms with Crippen molar-refractivity contribution in [3.63, 3.8) is 0 Å². The fourth-order valence-corrected chi connectivity index (χ4v) is 3.12. The lowest BCUT2D eigenvalue weighted by molar-refractivity contribution is 0.518. The van der Waals surface area contributed by atoms with Crippen molar-refractivity contribution >= 4 is 11.5 Å². The van der Waals surface area contributed by atoms with Crippen LogP contribution >= 0.6 is 0 Å². The zero-order valence-corrected chi connectivity index (χ0v) is 10.3. The summed E-state index contributed by atoms with van der Waals surface area (Å²) in [6.45, 7) is 6.79. The smallest absolute Gasteiger partial charge is 0.150 e. The molecule has 0 bridgehead atoms. The number of nitrogens with one attached hydrogen (secondary N) is 1. The van der Waals surface area contributed by atoms with E-state index in [-0.39, 0.29) is 0 Å². The Morgan fingerprint density at radius 1 is 1.50 bits per heavy atom. The van der Waals surface area contributed by atoms with Crippen LogP contribution < -0.4 is 10.2 Å². The molecule has 4 heteroatoms. The van der Waals surface area contributed by atoms with Crippen LogP contribution in [0, 0.1) is 5.92 Å². The standard InChI is InChI=1S/C12H20N4/c1-4-9-11-12(15(3)14-9)16-6-5-8(2)10(16)7-13-11/h8,10,13H,4-7H2,1-3H3. The Labute approximate surface area is 96.6 Å². The molecule has 4 nitrogen and oxygen atoms in total. The lowest BCUT2D eigenvalue weighted by Crippen LogP contribution is -2.42. The Kier molecular flexibility index (Phi) is 2.13. The number of aryl methyl sites for hydroxylation is 2. The summed E-state index contributed by atoms with van der Waals surface area (Å²) in [5.41, 5.74) is 2.48. The minimum absolute atomic E-state index is 0.660. The molecule has 2 unspecified atom stereocenters. The van der Waals surface area contributed by atoms with E-state index in [1.165, 1.54) is 30.2 Å². The average Bonchev–Trinajstić information content (AvgIpc) is 2.81. The van der Waals surface area contributed by atoms with Crippen LogP contribution in [-0.2, 0) is 13.5 Å². The van der Waals surface area contributed by atoms with Crippen LogP contribution in [0.5, 0.6) is 0 Å². The van der Waals surface area contributed by atoms with Gasteiger partial charge in [-0.3, -0.25) is 4.68 Å². The summed E-state index contributed by atoms with van der Waals surface area (Å²) in [5.74, 6) is 2.10. The Morgan fingerprint density at radius 2 is 2.31 bits per heavy atom. The Balaban J connectivity index is 2.06. The zero-order chi connectivity index (χ0) is 11.3. The monoisotopic (exact) mass is 220 g/mol. The molecule has 0 radical (unpaired) electrons. The van der Waals surface area contributed by atoms with Gasteiger partial charge in [0.05, 0.1) is 11.7 Å². The molecule has 1 fully saturated rings. The molecule has 1 aromatic rings. The van der Waals surface area contributed by atoms with Gasteiger partial charge in [0.1, 0.15) is 5.69 Å². The van der Waals surface area contributed by atoms with Gasteiger partial charge in [-0.2, -0.15) is 5.10 Å². The highest BCUT2D eigenvalue weighted by molar-refractivity contribution is 5.72. The maximum Gasteiger partial charge on any atom is 0.150 e. The number of aromatic nitrogens is 2. The van der Waals surface area contributed by atoms with Gasteiger partial charge < -0.3 is 10.2 Å². The minimum Gasteiger partial charge on any atom is -0.378 e. The molecule has 0 spiro atoms. The molecule has 0 aliphatic carbocycles. The first-order valence-electron chi connectivity index (χ1n) is 6.28. The van der Waals surface area contributed by atoms with Crippen molar-refractivity contribution < 1.29 is 0 Å². The van der Waals surface area contributed by atoms with E-state index < -0.39 is 0 Å². The van der Waals surface area contributed by atoms with Crippen molar-refractivity contribution in [2.24, 2.45) is 13.0 Å². The van der Waals surface area contributed by atoms with Gasteiger partial charge in [-0.05, 0) is 18.8 Å². The van der Waals surface area contributed by atoms with Gasteiger partial charge in [-0.1, -0.05) is 13.8 Å². The molecule has 3 heterocycles. The molecule has 1 saturated heterocycles. The van der Waals surface area contributed by atoms with E-state index in [2.05, 4.69) is 36.2 Å². The first-order valence-corrected chi connectivity index (χ1v) is 6.28. The van der Waals surface area contributed by atoms with Gasteiger partial charge in [-0.15, -0.1) is 0 Å².